The van der Waals surface area contributed by atoms with Crippen molar-refractivity contribution in [3.05, 3.63) is 30.0 Å². The number of piperidine rings is 1. The normalized spacial score (nSPS) is 20.5. The molecule has 1 saturated carbocycles. The molecule has 9 heteroatoms. The second-order valence-corrected chi connectivity index (χ2v) is 9.58. The number of hydrogen-bond acceptors (Lipinski definition) is 5. The van der Waals surface area contributed by atoms with Gasteiger partial charge in [-0.25, -0.2) is 0 Å². The summed E-state index contributed by atoms with van der Waals surface area (Å²) in [4.78, 5) is 41.5. The van der Waals surface area contributed by atoms with Crippen molar-refractivity contribution in [3.8, 4) is 11.8 Å². The third-order valence-corrected chi connectivity index (χ3v) is 6.68. The lowest BCUT2D eigenvalue weighted by Gasteiger charge is -2.31. The number of amides is 3. The van der Waals surface area contributed by atoms with Gasteiger partial charge in [-0.1, -0.05) is 18.9 Å². The molecule has 4 N–H and O–H groups in total. The molecular weight excluding hydrogens is 434 g/mol. The molecule has 3 unspecified atom stereocenters. The Balaban J connectivity index is 1.47. The van der Waals surface area contributed by atoms with Crippen molar-refractivity contribution in [1.82, 2.24) is 20.9 Å². The van der Waals surface area contributed by atoms with Crippen molar-refractivity contribution in [2.45, 2.75) is 57.0 Å². The Hall–Kier alpha value is -3.54. The van der Waals surface area contributed by atoms with Gasteiger partial charge in [0.2, 0.25) is 11.8 Å². The van der Waals surface area contributed by atoms with E-state index in [0.717, 1.165) is 30.2 Å². The first kappa shape index (κ1) is 23.6. The highest BCUT2D eigenvalue weighted by Gasteiger charge is 2.37. The highest BCUT2D eigenvalue weighted by Crippen LogP contribution is 2.34. The van der Waals surface area contributed by atoms with E-state index in [9.17, 15) is 19.6 Å². The molecule has 0 spiro atoms. The number of benzene rings is 1. The van der Waals surface area contributed by atoms with Crippen LogP contribution in [0.3, 0.4) is 0 Å². The minimum Gasteiger partial charge on any atom is -0.496 e. The van der Waals surface area contributed by atoms with Crippen molar-refractivity contribution < 1.29 is 19.1 Å². The van der Waals surface area contributed by atoms with Crippen LogP contribution < -0.4 is 20.7 Å². The van der Waals surface area contributed by atoms with Crippen LogP contribution in [0.15, 0.2) is 24.3 Å². The van der Waals surface area contributed by atoms with Gasteiger partial charge in [0.1, 0.15) is 23.0 Å². The van der Waals surface area contributed by atoms with Crippen LogP contribution in [0, 0.1) is 23.2 Å². The van der Waals surface area contributed by atoms with Crippen molar-refractivity contribution in [2.24, 2.45) is 11.8 Å². The summed E-state index contributed by atoms with van der Waals surface area (Å²) in [6, 6.07) is 8.60. The number of carbonyl (C=O) groups excluding carboxylic acids is 3. The topological polar surface area (TPSA) is 136 Å². The van der Waals surface area contributed by atoms with E-state index < -0.39 is 23.4 Å². The number of fused-ring (bicyclic) bond motifs is 1. The average molecular weight is 466 g/mol. The maximum Gasteiger partial charge on any atom is 0.268 e. The fraction of sp³-hybridized carbons (Fsp3) is 0.520. The number of nitriles is 1. The van der Waals surface area contributed by atoms with Gasteiger partial charge in [0.25, 0.3) is 5.91 Å². The van der Waals surface area contributed by atoms with Crippen molar-refractivity contribution in [2.75, 3.05) is 13.7 Å². The second kappa shape index (κ2) is 9.75. The largest absolute Gasteiger partial charge is 0.496 e. The first-order valence-electron chi connectivity index (χ1n) is 11.8. The highest BCUT2D eigenvalue weighted by molar-refractivity contribution is 6.01. The van der Waals surface area contributed by atoms with E-state index >= 15 is 0 Å². The maximum atomic E-state index is 13.2. The summed E-state index contributed by atoms with van der Waals surface area (Å²) in [5.74, 6) is -0.193. The van der Waals surface area contributed by atoms with Gasteiger partial charge in [-0.05, 0) is 56.7 Å². The summed E-state index contributed by atoms with van der Waals surface area (Å²) in [6.07, 6.45) is 4.30. The lowest BCUT2D eigenvalue weighted by Crippen LogP contribution is -2.55. The minimum absolute atomic E-state index is 0.0842. The number of carbonyl (C=O) groups is 3. The molecule has 2 aliphatic rings. The molecule has 2 fully saturated rings. The number of aromatic amines is 1. The zero-order chi connectivity index (χ0) is 24.3. The Morgan fingerprint density at radius 3 is 2.79 bits per heavy atom. The summed E-state index contributed by atoms with van der Waals surface area (Å²) < 4.78 is 5.36. The number of ether oxygens (including phenoxy) is 1. The molecular formula is C25H31N5O4. The molecule has 2 aromatic rings. The van der Waals surface area contributed by atoms with Crippen molar-refractivity contribution >= 4 is 28.6 Å². The van der Waals surface area contributed by atoms with Gasteiger partial charge in [0.05, 0.1) is 13.2 Å². The van der Waals surface area contributed by atoms with Crippen molar-refractivity contribution in [3.63, 3.8) is 0 Å². The standard InChI is InChI=1S/C25H31N5O4/c1-25(14-26,13-16-5-4-10-27-22(16)31)30-24(33)19(11-15-8-9-15)29-23(32)20-12-17-18(28-20)6-3-7-21(17)34-2/h3,6-7,12,15-16,19,28H,4-5,8-11,13H2,1-2H3,(H,27,31)(H,29,32)(H,30,33). The molecule has 4 rings (SSSR count). The Labute approximate surface area is 198 Å². The maximum absolute atomic E-state index is 13.2. The number of aromatic nitrogens is 1. The van der Waals surface area contributed by atoms with E-state index in [1.54, 1.807) is 20.1 Å². The van der Waals surface area contributed by atoms with Crippen LogP contribution in [-0.2, 0) is 9.59 Å². The first-order valence-corrected chi connectivity index (χ1v) is 11.8. The lowest BCUT2D eigenvalue weighted by atomic mass is 9.85. The molecule has 1 aromatic heterocycles. The number of nitrogens with one attached hydrogen (secondary N) is 4. The molecule has 3 atom stereocenters. The van der Waals surface area contributed by atoms with E-state index in [1.807, 2.05) is 18.2 Å². The smallest absolute Gasteiger partial charge is 0.268 e. The molecule has 9 nitrogen and oxygen atoms in total. The van der Waals surface area contributed by atoms with Gasteiger partial charge in [-0.2, -0.15) is 5.26 Å². The molecule has 2 heterocycles. The summed E-state index contributed by atoms with van der Waals surface area (Å²) in [5, 5.41) is 19.1. The highest BCUT2D eigenvalue weighted by atomic mass is 16.5. The third kappa shape index (κ3) is 5.33. The molecule has 1 aromatic carbocycles. The second-order valence-electron chi connectivity index (χ2n) is 9.58. The van der Waals surface area contributed by atoms with Gasteiger partial charge in [0.15, 0.2) is 0 Å². The molecule has 0 bridgehead atoms. The molecule has 180 valence electrons. The molecule has 1 saturated heterocycles. The van der Waals surface area contributed by atoms with Gasteiger partial charge in [0, 0.05) is 23.4 Å². The van der Waals surface area contributed by atoms with Crippen LogP contribution in [-0.4, -0.2) is 47.9 Å². The molecule has 34 heavy (non-hydrogen) atoms. The summed E-state index contributed by atoms with van der Waals surface area (Å²) in [7, 11) is 1.57. The van der Waals surface area contributed by atoms with Gasteiger partial charge < -0.3 is 25.7 Å². The number of rotatable bonds is 9. The van der Waals surface area contributed by atoms with Gasteiger partial charge in [-0.3, -0.25) is 14.4 Å². The number of H-pyrrole nitrogens is 1. The fourth-order valence-electron chi connectivity index (χ4n) is 4.59. The van der Waals surface area contributed by atoms with Crippen molar-refractivity contribution in [1.29, 1.82) is 5.26 Å². The zero-order valence-electron chi connectivity index (χ0n) is 19.6. The van der Waals surface area contributed by atoms with Crippen LogP contribution in [0.4, 0.5) is 0 Å². The summed E-state index contributed by atoms with van der Waals surface area (Å²) in [6.45, 7) is 2.27. The Morgan fingerprint density at radius 1 is 1.32 bits per heavy atom. The third-order valence-electron chi connectivity index (χ3n) is 6.68. The Morgan fingerprint density at radius 2 is 2.12 bits per heavy atom. The monoisotopic (exact) mass is 465 g/mol. The van der Waals surface area contributed by atoms with E-state index in [-0.39, 0.29) is 18.2 Å². The van der Waals surface area contributed by atoms with Gasteiger partial charge in [-0.15, -0.1) is 0 Å². The van der Waals surface area contributed by atoms with Crippen LogP contribution in [0.5, 0.6) is 5.75 Å². The fourth-order valence-corrected chi connectivity index (χ4v) is 4.59. The minimum atomic E-state index is -1.21. The van der Waals surface area contributed by atoms with E-state index in [4.69, 9.17) is 4.74 Å². The predicted octanol–water partition coefficient (Wildman–Crippen LogP) is 2.39. The lowest BCUT2D eigenvalue weighted by molar-refractivity contribution is -0.129. The quantitative estimate of drug-likeness (QED) is 0.451. The van der Waals surface area contributed by atoms with Crippen LogP contribution in [0.2, 0.25) is 0 Å². The van der Waals surface area contributed by atoms with Crippen LogP contribution >= 0.6 is 0 Å². The van der Waals surface area contributed by atoms with E-state index in [2.05, 4.69) is 27.0 Å². The Kier molecular flexibility index (Phi) is 6.77. The predicted molar refractivity (Wildman–Crippen MR) is 126 cm³/mol. The van der Waals surface area contributed by atoms with E-state index in [0.29, 0.717) is 36.7 Å². The number of hydrogen-bond donors (Lipinski definition) is 4. The average Bonchev–Trinajstić information content (AvgIpc) is 3.53. The molecule has 1 aliphatic carbocycles. The van der Waals surface area contributed by atoms with Crippen LogP contribution in [0.25, 0.3) is 10.9 Å². The molecule has 0 radical (unpaired) electrons. The zero-order valence-corrected chi connectivity index (χ0v) is 19.6. The number of methoxy groups -OCH3 is 1. The summed E-state index contributed by atoms with van der Waals surface area (Å²) >= 11 is 0. The Bertz CT molecular complexity index is 1130. The summed E-state index contributed by atoms with van der Waals surface area (Å²) in [5.41, 5.74) is -0.122. The first-order chi connectivity index (χ1) is 16.3. The van der Waals surface area contributed by atoms with E-state index in [1.165, 1.54) is 0 Å². The molecule has 3 amide bonds. The van der Waals surface area contributed by atoms with Crippen LogP contribution in [0.1, 0.15) is 55.9 Å². The SMILES string of the molecule is COc1cccc2[nH]c(C(=O)NC(CC3CC3)C(=O)NC(C)(C#N)CC3CCCNC3=O)cc12. The number of nitrogens with zero attached hydrogens (tertiary/aromatic N) is 1. The van der Waals surface area contributed by atoms with Gasteiger partial charge >= 0.3 is 0 Å². The molecule has 1 aliphatic heterocycles.